The zero-order valence-corrected chi connectivity index (χ0v) is 15.6. The quantitative estimate of drug-likeness (QED) is 0.792. The van der Waals surface area contributed by atoms with E-state index < -0.39 is 17.9 Å². The van der Waals surface area contributed by atoms with Crippen LogP contribution < -0.4 is 0 Å². The summed E-state index contributed by atoms with van der Waals surface area (Å²) >= 11 is 0. The maximum atomic E-state index is 13.0. The zero-order valence-electron chi connectivity index (χ0n) is 15.6. The Labute approximate surface area is 158 Å². The SMILES string of the molecule is CC(C)[C@H](CC(=O)c1cnc2ccccc2c1)C(=O)N1CCC[C@H]1C(=O)O. The van der Waals surface area contributed by atoms with Crippen molar-refractivity contribution in [2.75, 3.05) is 6.54 Å². The fourth-order valence-corrected chi connectivity index (χ4v) is 3.65. The predicted molar refractivity (Wildman–Crippen MR) is 101 cm³/mol. The van der Waals surface area contributed by atoms with Gasteiger partial charge in [-0.25, -0.2) is 4.79 Å². The predicted octanol–water partition coefficient (Wildman–Crippen LogP) is 3.16. The molecule has 27 heavy (non-hydrogen) atoms. The third-order valence-corrected chi connectivity index (χ3v) is 5.26. The second-order valence-electron chi connectivity index (χ2n) is 7.42. The number of nitrogens with zero attached hydrogens (tertiary/aromatic N) is 2. The standard InChI is InChI=1S/C21H24N2O4/c1-13(2)16(20(25)23-9-5-8-18(23)21(26)27)11-19(24)15-10-14-6-3-4-7-17(14)22-12-15/h3-4,6-7,10,12-13,16,18H,5,8-9,11H2,1-2H3,(H,26,27)/t16-,18-/m0/s1. The first-order valence-corrected chi connectivity index (χ1v) is 9.29. The number of fused-ring (bicyclic) bond motifs is 1. The molecule has 1 fully saturated rings. The van der Waals surface area contributed by atoms with E-state index in [0.717, 1.165) is 10.9 Å². The summed E-state index contributed by atoms with van der Waals surface area (Å²) in [5, 5.41) is 10.2. The second kappa shape index (κ2) is 7.86. The first-order valence-electron chi connectivity index (χ1n) is 9.29. The smallest absolute Gasteiger partial charge is 0.326 e. The lowest BCUT2D eigenvalue weighted by Crippen LogP contribution is -2.45. The van der Waals surface area contributed by atoms with Crippen LogP contribution in [0.4, 0.5) is 0 Å². The van der Waals surface area contributed by atoms with Crippen LogP contribution in [0.2, 0.25) is 0 Å². The lowest BCUT2D eigenvalue weighted by atomic mass is 9.87. The largest absolute Gasteiger partial charge is 0.480 e. The number of ketones is 1. The molecular formula is C21H24N2O4. The Morgan fingerprint density at radius 3 is 2.70 bits per heavy atom. The minimum atomic E-state index is -0.978. The van der Waals surface area contributed by atoms with Crippen molar-refractivity contribution < 1.29 is 19.5 Å². The molecule has 0 aliphatic carbocycles. The summed E-state index contributed by atoms with van der Waals surface area (Å²) in [5.41, 5.74) is 1.29. The highest BCUT2D eigenvalue weighted by molar-refractivity contribution is 6.01. The number of pyridine rings is 1. The summed E-state index contributed by atoms with van der Waals surface area (Å²) in [6, 6.07) is 8.56. The van der Waals surface area contributed by atoms with Crippen LogP contribution in [0.3, 0.4) is 0 Å². The molecule has 2 aromatic rings. The average Bonchev–Trinajstić information content (AvgIpc) is 3.15. The molecule has 0 radical (unpaired) electrons. The second-order valence-corrected chi connectivity index (χ2v) is 7.42. The third-order valence-electron chi connectivity index (χ3n) is 5.26. The van der Waals surface area contributed by atoms with E-state index >= 15 is 0 Å². The maximum Gasteiger partial charge on any atom is 0.326 e. The molecule has 0 bridgehead atoms. The maximum absolute atomic E-state index is 13.0. The molecule has 1 amide bonds. The summed E-state index contributed by atoms with van der Waals surface area (Å²) in [4.78, 5) is 42.9. The van der Waals surface area contributed by atoms with E-state index in [-0.39, 0.29) is 24.0 Å². The van der Waals surface area contributed by atoms with Crippen LogP contribution >= 0.6 is 0 Å². The van der Waals surface area contributed by atoms with Gasteiger partial charge in [0, 0.05) is 36.0 Å². The Balaban J connectivity index is 1.79. The zero-order chi connectivity index (χ0) is 19.6. The van der Waals surface area contributed by atoms with Gasteiger partial charge in [-0.05, 0) is 30.9 Å². The number of carbonyl (C=O) groups is 3. The molecule has 0 unspecified atom stereocenters. The van der Waals surface area contributed by atoms with E-state index in [0.29, 0.717) is 24.9 Å². The van der Waals surface area contributed by atoms with Crippen molar-refractivity contribution >= 4 is 28.6 Å². The Morgan fingerprint density at radius 2 is 2.00 bits per heavy atom. The molecule has 1 aromatic heterocycles. The molecule has 6 heteroatoms. The van der Waals surface area contributed by atoms with Gasteiger partial charge in [0.05, 0.1) is 5.52 Å². The van der Waals surface area contributed by atoms with E-state index in [9.17, 15) is 19.5 Å². The summed E-state index contributed by atoms with van der Waals surface area (Å²) in [6.07, 6.45) is 2.74. The number of carboxylic acids is 1. The summed E-state index contributed by atoms with van der Waals surface area (Å²) < 4.78 is 0. The van der Waals surface area contributed by atoms with Crippen molar-refractivity contribution in [1.29, 1.82) is 0 Å². The molecule has 142 valence electrons. The third kappa shape index (κ3) is 3.99. The van der Waals surface area contributed by atoms with Crippen molar-refractivity contribution in [1.82, 2.24) is 9.88 Å². The Bertz CT molecular complexity index is 877. The van der Waals surface area contributed by atoms with Gasteiger partial charge in [0.25, 0.3) is 0 Å². The number of benzene rings is 1. The number of likely N-dealkylation sites (tertiary alicyclic amines) is 1. The normalized spacial score (nSPS) is 18.0. The lowest BCUT2D eigenvalue weighted by molar-refractivity contribution is -0.150. The van der Waals surface area contributed by atoms with E-state index in [4.69, 9.17) is 0 Å². The van der Waals surface area contributed by atoms with Gasteiger partial charge in [-0.3, -0.25) is 14.6 Å². The van der Waals surface area contributed by atoms with Crippen molar-refractivity contribution in [3.05, 3.63) is 42.1 Å². The first-order chi connectivity index (χ1) is 12.9. The molecule has 1 saturated heterocycles. The number of amides is 1. The molecule has 1 aromatic carbocycles. The molecular weight excluding hydrogens is 344 g/mol. The van der Waals surface area contributed by atoms with E-state index in [1.54, 1.807) is 12.3 Å². The Morgan fingerprint density at radius 1 is 1.26 bits per heavy atom. The molecule has 0 saturated carbocycles. The molecule has 2 atom stereocenters. The number of carbonyl (C=O) groups excluding carboxylic acids is 2. The first kappa shape index (κ1) is 19.0. The molecule has 1 N–H and O–H groups in total. The van der Waals surface area contributed by atoms with Gasteiger partial charge in [-0.15, -0.1) is 0 Å². The Hall–Kier alpha value is -2.76. The van der Waals surface area contributed by atoms with Gasteiger partial charge in [0.15, 0.2) is 5.78 Å². The molecule has 1 aliphatic rings. The number of rotatable bonds is 6. The van der Waals surface area contributed by atoms with Gasteiger partial charge in [0.2, 0.25) is 5.91 Å². The molecule has 3 rings (SSSR count). The summed E-state index contributed by atoms with van der Waals surface area (Å²) in [6.45, 7) is 4.21. The number of carboxylic acid groups (broad SMARTS) is 1. The summed E-state index contributed by atoms with van der Waals surface area (Å²) in [7, 11) is 0. The highest BCUT2D eigenvalue weighted by Gasteiger charge is 2.38. The lowest BCUT2D eigenvalue weighted by Gasteiger charge is -2.28. The van der Waals surface area contributed by atoms with Gasteiger partial charge < -0.3 is 10.0 Å². The minimum Gasteiger partial charge on any atom is -0.480 e. The number of aromatic nitrogens is 1. The fourth-order valence-electron chi connectivity index (χ4n) is 3.65. The van der Waals surface area contributed by atoms with Gasteiger partial charge >= 0.3 is 5.97 Å². The minimum absolute atomic E-state index is 0.0549. The number of aliphatic carboxylic acids is 1. The number of hydrogen-bond donors (Lipinski definition) is 1. The van der Waals surface area contributed by atoms with Gasteiger partial charge in [0.1, 0.15) is 6.04 Å². The van der Waals surface area contributed by atoms with Crippen molar-refractivity contribution in [2.24, 2.45) is 11.8 Å². The van der Waals surface area contributed by atoms with Crippen LogP contribution in [-0.4, -0.2) is 45.2 Å². The molecule has 0 spiro atoms. The van der Waals surface area contributed by atoms with Gasteiger partial charge in [-0.1, -0.05) is 32.0 Å². The van der Waals surface area contributed by atoms with Crippen molar-refractivity contribution in [2.45, 2.75) is 39.2 Å². The van der Waals surface area contributed by atoms with Crippen LogP contribution in [0.15, 0.2) is 36.5 Å². The van der Waals surface area contributed by atoms with Crippen LogP contribution in [0.25, 0.3) is 10.9 Å². The average molecular weight is 368 g/mol. The number of hydrogen-bond acceptors (Lipinski definition) is 4. The highest BCUT2D eigenvalue weighted by Crippen LogP contribution is 2.27. The molecule has 6 nitrogen and oxygen atoms in total. The van der Waals surface area contributed by atoms with E-state index in [1.165, 1.54) is 4.90 Å². The number of para-hydroxylation sites is 1. The number of Topliss-reactive ketones (excluding diaryl/α,β-unsaturated/α-hetero) is 1. The van der Waals surface area contributed by atoms with Gasteiger partial charge in [-0.2, -0.15) is 0 Å². The van der Waals surface area contributed by atoms with Crippen LogP contribution in [-0.2, 0) is 9.59 Å². The topological polar surface area (TPSA) is 87.6 Å². The highest BCUT2D eigenvalue weighted by atomic mass is 16.4. The van der Waals surface area contributed by atoms with E-state index in [1.807, 2.05) is 38.1 Å². The van der Waals surface area contributed by atoms with E-state index in [2.05, 4.69) is 4.98 Å². The Kier molecular flexibility index (Phi) is 5.54. The van der Waals surface area contributed by atoms with Crippen LogP contribution in [0.5, 0.6) is 0 Å². The van der Waals surface area contributed by atoms with Crippen molar-refractivity contribution in [3.63, 3.8) is 0 Å². The molecule has 1 aliphatic heterocycles. The van der Waals surface area contributed by atoms with Crippen LogP contribution in [0, 0.1) is 11.8 Å². The fraction of sp³-hybridized carbons (Fsp3) is 0.429. The monoisotopic (exact) mass is 368 g/mol. The van der Waals surface area contributed by atoms with Crippen molar-refractivity contribution in [3.8, 4) is 0 Å². The summed E-state index contributed by atoms with van der Waals surface area (Å²) in [5.74, 6) is -1.97. The molecule has 2 heterocycles. The van der Waals surface area contributed by atoms with Crippen LogP contribution in [0.1, 0.15) is 43.5 Å².